The summed E-state index contributed by atoms with van der Waals surface area (Å²) in [6.07, 6.45) is 0. The number of ether oxygens (including phenoxy) is 1. The van der Waals surface area contributed by atoms with E-state index in [0.29, 0.717) is 0 Å². The van der Waals surface area contributed by atoms with Crippen molar-refractivity contribution in [3.05, 3.63) is 29.3 Å². The molecule has 1 aromatic carbocycles. The van der Waals surface area contributed by atoms with Crippen LogP contribution in [0, 0.1) is 6.92 Å². The van der Waals surface area contributed by atoms with Gasteiger partial charge in [0.2, 0.25) is 0 Å². The first-order valence-corrected chi connectivity index (χ1v) is 4.05. The molecule has 1 rings (SSSR count). The summed E-state index contributed by atoms with van der Waals surface area (Å²) in [6.45, 7) is 3.99. The lowest BCUT2D eigenvalue weighted by Gasteiger charge is -2.11. The zero-order valence-corrected chi connectivity index (χ0v) is 7.79. The lowest BCUT2D eigenvalue weighted by molar-refractivity contribution is 0.406. The molecule has 0 amide bonds. The van der Waals surface area contributed by atoms with Crippen LogP contribution in [0.3, 0.4) is 0 Å². The molecule has 0 aliphatic heterocycles. The third kappa shape index (κ3) is 1.77. The summed E-state index contributed by atoms with van der Waals surface area (Å²) in [7, 11) is 1.67. The Morgan fingerprint density at radius 2 is 2.08 bits per heavy atom. The van der Waals surface area contributed by atoms with Crippen LogP contribution in [0.2, 0.25) is 0 Å². The van der Waals surface area contributed by atoms with E-state index in [0.717, 1.165) is 11.3 Å². The van der Waals surface area contributed by atoms with Gasteiger partial charge in [-0.25, -0.2) is 0 Å². The fraction of sp³-hybridized carbons (Fsp3) is 0.400. The predicted octanol–water partition coefficient (Wildman–Crippen LogP) is 2.02. The molecule has 1 atom stereocenters. The molecule has 0 spiro atoms. The van der Waals surface area contributed by atoms with Crippen molar-refractivity contribution < 1.29 is 4.74 Å². The normalized spacial score (nSPS) is 12.7. The molecule has 0 unspecified atom stereocenters. The minimum Gasteiger partial charge on any atom is -0.496 e. The molecular weight excluding hydrogens is 150 g/mol. The van der Waals surface area contributed by atoms with Gasteiger partial charge in [-0.3, -0.25) is 0 Å². The van der Waals surface area contributed by atoms with E-state index < -0.39 is 0 Å². The largest absolute Gasteiger partial charge is 0.496 e. The van der Waals surface area contributed by atoms with Crippen molar-refractivity contribution in [3.8, 4) is 5.75 Å². The Morgan fingerprint density at radius 3 is 2.58 bits per heavy atom. The minimum absolute atomic E-state index is 0.0283. The van der Waals surface area contributed by atoms with Crippen molar-refractivity contribution in [3.63, 3.8) is 0 Å². The van der Waals surface area contributed by atoms with Crippen LogP contribution in [-0.2, 0) is 0 Å². The van der Waals surface area contributed by atoms with Gasteiger partial charge in [-0.2, -0.15) is 0 Å². The smallest absolute Gasteiger partial charge is 0.123 e. The topological polar surface area (TPSA) is 35.2 Å². The third-order valence-corrected chi connectivity index (χ3v) is 1.88. The maximum absolute atomic E-state index is 5.76. The van der Waals surface area contributed by atoms with E-state index in [9.17, 15) is 0 Å². The number of benzene rings is 1. The zero-order valence-electron chi connectivity index (χ0n) is 7.79. The van der Waals surface area contributed by atoms with Crippen LogP contribution >= 0.6 is 0 Å². The summed E-state index contributed by atoms with van der Waals surface area (Å²) >= 11 is 0. The Balaban J connectivity index is 3.11. The number of methoxy groups -OCH3 is 1. The molecule has 0 saturated heterocycles. The van der Waals surface area contributed by atoms with Crippen molar-refractivity contribution >= 4 is 0 Å². The number of hydrogen-bond donors (Lipinski definition) is 1. The average Bonchev–Trinajstić information content (AvgIpc) is 2.03. The third-order valence-electron chi connectivity index (χ3n) is 1.88. The molecule has 0 aliphatic carbocycles. The standard InChI is InChI=1S/C10H15NO/c1-7-4-5-9(8(2)11)10(6-7)12-3/h4-6,8H,11H2,1-3H3/t8-/m0/s1. The summed E-state index contributed by atoms with van der Waals surface area (Å²) in [6, 6.07) is 6.08. The highest BCUT2D eigenvalue weighted by atomic mass is 16.5. The minimum atomic E-state index is 0.0283. The monoisotopic (exact) mass is 165 g/mol. The number of nitrogens with two attached hydrogens (primary N) is 1. The van der Waals surface area contributed by atoms with Crippen molar-refractivity contribution in [1.29, 1.82) is 0 Å². The van der Waals surface area contributed by atoms with Gasteiger partial charge >= 0.3 is 0 Å². The van der Waals surface area contributed by atoms with Crippen LogP contribution in [0.15, 0.2) is 18.2 Å². The molecule has 1 aromatic rings. The first kappa shape index (κ1) is 9.07. The SMILES string of the molecule is COc1cc(C)ccc1[C@H](C)N. The summed E-state index contributed by atoms with van der Waals surface area (Å²) in [5.74, 6) is 0.880. The van der Waals surface area contributed by atoms with Crippen LogP contribution < -0.4 is 10.5 Å². The van der Waals surface area contributed by atoms with Crippen molar-refractivity contribution in [2.75, 3.05) is 7.11 Å². The van der Waals surface area contributed by atoms with Gasteiger partial charge in [0.25, 0.3) is 0 Å². The van der Waals surface area contributed by atoms with E-state index in [1.807, 2.05) is 32.0 Å². The van der Waals surface area contributed by atoms with Gasteiger partial charge in [0, 0.05) is 11.6 Å². The highest BCUT2D eigenvalue weighted by molar-refractivity contribution is 5.38. The molecule has 0 heterocycles. The fourth-order valence-electron chi connectivity index (χ4n) is 1.19. The second kappa shape index (κ2) is 3.59. The fourth-order valence-corrected chi connectivity index (χ4v) is 1.19. The Bertz CT molecular complexity index is 269. The van der Waals surface area contributed by atoms with Crippen molar-refractivity contribution in [2.45, 2.75) is 19.9 Å². The maximum Gasteiger partial charge on any atom is 0.123 e. The predicted molar refractivity (Wildman–Crippen MR) is 50.3 cm³/mol. The Morgan fingerprint density at radius 1 is 1.42 bits per heavy atom. The van der Waals surface area contributed by atoms with Crippen LogP contribution in [0.5, 0.6) is 5.75 Å². The maximum atomic E-state index is 5.76. The van der Waals surface area contributed by atoms with Crippen LogP contribution in [0.4, 0.5) is 0 Å². The number of rotatable bonds is 2. The van der Waals surface area contributed by atoms with Gasteiger partial charge in [-0.1, -0.05) is 12.1 Å². The van der Waals surface area contributed by atoms with Gasteiger partial charge < -0.3 is 10.5 Å². The molecular formula is C10H15NO. The molecule has 0 bridgehead atoms. The molecule has 0 aromatic heterocycles. The molecule has 2 N–H and O–H groups in total. The van der Waals surface area contributed by atoms with Gasteiger partial charge in [-0.05, 0) is 25.5 Å². The molecule has 2 heteroatoms. The van der Waals surface area contributed by atoms with E-state index in [2.05, 4.69) is 0 Å². The molecule has 0 fully saturated rings. The average molecular weight is 165 g/mol. The molecule has 66 valence electrons. The molecule has 0 radical (unpaired) electrons. The van der Waals surface area contributed by atoms with Crippen LogP contribution in [0.1, 0.15) is 24.1 Å². The van der Waals surface area contributed by atoms with E-state index in [1.54, 1.807) is 7.11 Å². The van der Waals surface area contributed by atoms with Gasteiger partial charge in [0.15, 0.2) is 0 Å². The Labute approximate surface area is 73.3 Å². The van der Waals surface area contributed by atoms with Gasteiger partial charge in [0.1, 0.15) is 5.75 Å². The molecule has 2 nitrogen and oxygen atoms in total. The summed E-state index contributed by atoms with van der Waals surface area (Å²) in [5.41, 5.74) is 8.01. The van der Waals surface area contributed by atoms with Crippen LogP contribution in [0.25, 0.3) is 0 Å². The highest BCUT2D eigenvalue weighted by Crippen LogP contribution is 2.24. The zero-order chi connectivity index (χ0) is 9.14. The van der Waals surface area contributed by atoms with E-state index in [4.69, 9.17) is 10.5 Å². The Kier molecular flexibility index (Phi) is 2.71. The quantitative estimate of drug-likeness (QED) is 0.727. The van der Waals surface area contributed by atoms with Gasteiger partial charge in [-0.15, -0.1) is 0 Å². The van der Waals surface area contributed by atoms with Crippen molar-refractivity contribution in [1.82, 2.24) is 0 Å². The first-order chi connectivity index (χ1) is 5.65. The summed E-state index contributed by atoms with van der Waals surface area (Å²) < 4.78 is 5.21. The second-order valence-electron chi connectivity index (χ2n) is 3.03. The molecule has 12 heavy (non-hydrogen) atoms. The van der Waals surface area contributed by atoms with E-state index in [-0.39, 0.29) is 6.04 Å². The first-order valence-electron chi connectivity index (χ1n) is 4.05. The second-order valence-corrected chi connectivity index (χ2v) is 3.03. The number of aryl methyl sites for hydroxylation is 1. The van der Waals surface area contributed by atoms with Gasteiger partial charge in [0.05, 0.1) is 7.11 Å². The summed E-state index contributed by atoms with van der Waals surface area (Å²) in [4.78, 5) is 0. The van der Waals surface area contributed by atoms with Crippen LogP contribution in [-0.4, -0.2) is 7.11 Å². The van der Waals surface area contributed by atoms with E-state index in [1.165, 1.54) is 5.56 Å². The highest BCUT2D eigenvalue weighted by Gasteiger charge is 2.06. The number of hydrogen-bond acceptors (Lipinski definition) is 2. The van der Waals surface area contributed by atoms with Crippen molar-refractivity contribution in [2.24, 2.45) is 5.73 Å². The lowest BCUT2D eigenvalue weighted by atomic mass is 10.1. The molecule has 0 saturated carbocycles. The molecule has 0 aliphatic rings. The Hall–Kier alpha value is -1.02. The lowest BCUT2D eigenvalue weighted by Crippen LogP contribution is -2.06. The summed E-state index contributed by atoms with van der Waals surface area (Å²) in [5, 5.41) is 0. The van der Waals surface area contributed by atoms with E-state index >= 15 is 0 Å².